The van der Waals surface area contributed by atoms with Gasteiger partial charge < -0.3 is 24.3 Å². The van der Waals surface area contributed by atoms with Crippen LogP contribution < -0.4 is 24.3 Å². The van der Waals surface area contributed by atoms with Gasteiger partial charge in [0.1, 0.15) is 26.0 Å². The zero-order chi connectivity index (χ0) is 33.3. The van der Waals surface area contributed by atoms with Crippen LogP contribution in [0.1, 0.15) is 32.6 Å². The molecule has 3 amide bonds. The normalized spacial score (nSPS) is 13.4. The van der Waals surface area contributed by atoms with Crippen molar-refractivity contribution in [2.75, 3.05) is 26.1 Å². The van der Waals surface area contributed by atoms with Gasteiger partial charge in [-0.3, -0.25) is 24.1 Å². The SMILES string of the molecule is COc1cc(C=O)ccc1OCc1ccc(COc2ccc(/C=C3\SC(=O)N(CC(=O)Nc4ccc(C)cc4)C3=O)cc2OC)cc1. The average molecular weight is 653 g/mol. The van der Waals surface area contributed by atoms with Gasteiger partial charge in [-0.15, -0.1) is 0 Å². The number of nitrogens with one attached hydrogen (secondary N) is 1. The minimum Gasteiger partial charge on any atom is -0.493 e. The van der Waals surface area contributed by atoms with Crippen molar-refractivity contribution in [1.82, 2.24) is 4.90 Å². The maximum Gasteiger partial charge on any atom is 0.294 e. The van der Waals surface area contributed by atoms with Crippen LogP contribution in [-0.4, -0.2) is 49.0 Å². The summed E-state index contributed by atoms with van der Waals surface area (Å²) < 4.78 is 22.7. The molecule has 1 heterocycles. The molecule has 1 aliphatic rings. The number of hydrogen-bond donors (Lipinski definition) is 1. The first-order chi connectivity index (χ1) is 22.8. The molecule has 1 N–H and O–H groups in total. The maximum absolute atomic E-state index is 13.0. The second kappa shape index (κ2) is 15.2. The van der Waals surface area contributed by atoms with Crippen LogP contribution in [0.25, 0.3) is 6.08 Å². The zero-order valence-corrected chi connectivity index (χ0v) is 26.8. The maximum atomic E-state index is 13.0. The Morgan fingerprint density at radius 1 is 0.766 bits per heavy atom. The molecule has 0 spiro atoms. The van der Waals surface area contributed by atoms with Crippen molar-refractivity contribution in [3.05, 3.63) is 118 Å². The van der Waals surface area contributed by atoms with Gasteiger partial charge in [-0.05, 0) is 83.9 Å². The summed E-state index contributed by atoms with van der Waals surface area (Å²) in [5.74, 6) is 0.976. The van der Waals surface area contributed by atoms with Crippen molar-refractivity contribution >= 4 is 46.9 Å². The van der Waals surface area contributed by atoms with E-state index in [0.717, 1.165) is 39.6 Å². The van der Waals surface area contributed by atoms with Crippen LogP contribution >= 0.6 is 11.8 Å². The Morgan fingerprint density at radius 2 is 1.32 bits per heavy atom. The fraction of sp³-hybridized carbons (Fsp3) is 0.167. The van der Waals surface area contributed by atoms with E-state index in [4.69, 9.17) is 18.9 Å². The fourth-order valence-electron chi connectivity index (χ4n) is 4.59. The van der Waals surface area contributed by atoms with Gasteiger partial charge in [0.2, 0.25) is 5.91 Å². The molecule has 47 heavy (non-hydrogen) atoms. The summed E-state index contributed by atoms with van der Waals surface area (Å²) in [5.41, 5.74) is 4.63. The van der Waals surface area contributed by atoms with Gasteiger partial charge in [-0.1, -0.05) is 48.0 Å². The van der Waals surface area contributed by atoms with Crippen LogP contribution in [0, 0.1) is 6.92 Å². The summed E-state index contributed by atoms with van der Waals surface area (Å²) >= 11 is 0.777. The topological polar surface area (TPSA) is 120 Å². The van der Waals surface area contributed by atoms with Gasteiger partial charge in [0.05, 0.1) is 19.1 Å². The molecule has 5 rings (SSSR count). The fourth-order valence-corrected chi connectivity index (χ4v) is 5.43. The summed E-state index contributed by atoms with van der Waals surface area (Å²) in [4.78, 5) is 50.2. The lowest BCUT2D eigenvalue weighted by atomic mass is 10.1. The van der Waals surface area contributed by atoms with Crippen LogP contribution in [0.2, 0.25) is 0 Å². The molecular weight excluding hydrogens is 620 g/mol. The van der Waals surface area contributed by atoms with Crippen molar-refractivity contribution in [1.29, 1.82) is 0 Å². The van der Waals surface area contributed by atoms with Crippen LogP contribution in [0.4, 0.5) is 10.5 Å². The Balaban J connectivity index is 1.16. The van der Waals surface area contributed by atoms with E-state index in [1.807, 2.05) is 43.3 Å². The second-order valence-electron chi connectivity index (χ2n) is 10.5. The van der Waals surface area contributed by atoms with E-state index < -0.39 is 17.1 Å². The molecule has 4 aromatic carbocycles. The van der Waals surface area contributed by atoms with E-state index in [2.05, 4.69) is 5.32 Å². The number of ether oxygens (including phenoxy) is 4. The molecule has 4 aromatic rings. The molecule has 0 aromatic heterocycles. The smallest absolute Gasteiger partial charge is 0.294 e. The van der Waals surface area contributed by atoms with E-state index in [0.29, 0.717) is 46.4 Å². The summed E-state index contributed by atoms with van der Waals surface area (Å²) in [6.07, 6.45) is 2.34. The van der Waals surface area contributed by atoms with Crippen molar-refractivity contribution in [2.24, 2.45) is 0 Å². The lowest BCUT2D eigenvalue weighted by Gasteiger charge is -2.13. The van der Waals surface area contributed by atoms with E-state index in [-0.39, 0.29) is 18.1 Å². The number of carbonyl (C=O) groups is 4. The molecule has 0 atom stereocenters. The Kier molecular flexibility index (Phi) is 10.6. The average Bonchev–Trinajstić information content (AvgIpc) is 3.34. The molecule has 0 bridgehead atoms. The van der Waals surface area contributed by atoms with Crippen molar-refractivity contribution in [2.45, 2.75) is 20.1 Å². The van der Waals surface area contributed by atoms with Crippen molar-refractivity contribution in [3.63, 3.8) is 0 Å². The third-order valence-corrected chi connectivity index (χ3v) is 8.04. The first-order valence-electron chi connectivity index (χ1n) is 14.5. The van der Waals surface area contributed by atoms with Crippen LogP contribution in [0.15, 0.2) is 89.8 Å². The molecule has 11 heteroatoms. The van der Waals surface area contributed by atoms with E-state index in [9.17, 15) is 19.2 Å². The number of anilines is 1. The predicted octanol–water partition coefficient (Wildman–Crippen LogP) is 6.66. The van der Waals surface area contributed by atoms with Crippen LogP contribution in [0.3, 0.4) is 0 Å². The number of thioether (sulfide) groups is 1. The standard InChI is InChI=1S/C36H32N2O8S/c1-23-4-12-28(13-5-23)37-34(40)19-38-35(41)33(47-36(38)42)18-26-10-14-29(31(16-26)43-2)45-21-24-6-8-25(9-7-24)22-46-30-15-11-27(20-39)17-32(30)44-3/h4-18,20H,19,21-22H2,1-3H3,(H,37,40)/b33-18-. The van der Waals surface area contributed by atoms with Gasteiger partial charge in [0.25, 0.3) is 11.1 Å². The molecule has 10 nitrogen and oxygen atoms in total. The quantitative estimate of drug-likeness (QED) is 0.125. The van der Waals surface area contributed by atoms with Crippen LogP contribution in [0.5, 0.6) is 23.0 Å². The number of aldehydes is 1. The Labute approximate surface area is 276 Å². The van der Waals surface area contributed by atoms with Crippen molar-refractivity contribution in [3.8, 4) is 23.0 Å². The van der Waals surface area contributed by atoms with Gasteiger partial charge >= 0.3 is 0 Å². The number of hydrogen-bond acceptors (Lipinski definition) is 9. The molecule has 0 saturated carbocycles. The summed E-state index contributed by atoms with van der Waals surface area (Å²) in [7, 11) is 3.04. The van der Waals surface area contributed by atoms with Gasteiger partial charge in [-0.25, -0.2) is 0 Å². The number of rotatable bonds is 13. The lowest BCUT2D eigenvalue weighted by Crippen LogP contribution is -2.36. The highest BCUT2D eigenvalue weighted by Gasteiger charge is 2.36. The Morgan fingerprint density at radius 3 is 1.87 bits per heavy atom. The number of aryl methyl sites for hydroxylation is 1. The number of carbonyl (C=O) groups excluding carboxylic acids is 4. The molecule has 0 radical (unpaired) electrons. The predicted molar refractivity (Wildman–Crippen MR) is 179 cm³/mol. The Bertz CT molecular complexity index is 1820. The monoisotopic (exact) mass is 652 g/mol. The number of imide groups is 1. The molecule has 240 valence electrons. The number of amides is 3. The summed E-state index contributed by atoms with van der Waals surface area (Å²) in [5, 5.41) is 2.19. The molecular formula is C36H32N2O8S. The molecule has 0 unspecified atom stereocenters. The summed E-state index contributed by atoms with van der Waals surface area (Å²) in [6.45, 7) is 2.14. The van der Waals surface area contributed by atoms with Gasteiger partial charge in [-0.2, -0.15) is 0 Å². The van der Waals surface area contributed by atoms with Crippen molar-refractivity contribution < 1.29 is 38.1 Å². The third-order valence-electron chi connectivity index (χ3n) is 7.13. The minimum absolute atomic E-state index is 0.203. The Hall–Kier alpha value is -5.55. The lowest BCUT2D eigenvalue weighted by molar-refractivity contribution is -0.127. The minimum atomic E-state index is -0.540. The van der Waals surface area contributed by atoms with E-state index in [1.54, 1.807) is 54.6 Å². The highest BCUT2D eigenvalue weighted by molar-refractivity contribution is 8.18. The number of benzene rings is 4. The second-order valence-corrected chi connectivity index (χ2v) is 11.5. The zero-order valence-electron chi connectivity index (χ0n) is 26.0. The highest BCUT2D eigenvalue weighted by atomic mass is 32.2. The number of nitrogens with zero attached hydrogens (tertiary/aromatic N) is 1. The molecule has 0 aliphatic carbocycles. The van der Waals surface area contributed by atoms with Crippen LogP contribution in [-0.2, 0) is 22.8 Å². The largest absolute Gasteiger partial charge is 0.493 e. The highest BCUT2D eigenvalue weighted by Crippen LogP contribution is 2.35. The van der Waals surface area contributed by atoms with E-state index in [1.165, 1.54) is 14.2 Å². The molecule has 1 fully saturated rings. The third kappa shape index (κ3) is 8.39. The first kappa shape index (κ1) is 32.8. The van der Waals surface area contributed by atoms with Gasteiger partial charge in [0.15, 0.2) is 23.0 Å². The molecule has 1 saturated heterocycles. The molecule has 1 aliphatic heterocycles. The van der Waals surface area contributed by atoms with E-state index >= 15 is 0 Å². The van der Waals surface area contributed by atoms with Gasteiger partial charge in [0, 0.05) is 11.3 Å². The number of methoxy groups -OCH3 is 2. The summed E-state index contributed by atoms with van der Waals surface area (Å²) in [6, 6.07) is 25.2. The first-order valence-corrected chi connectivity index (χ1v) is 15.3.